The summed E-state index contributed by atoms with van der Waals surface area (Å²) in [7, 11) is 0. The first kappa shape index (κ1) is 20.2. The molecule has 0 spiro atoms. The maximum absolute atomic E-state index is 6.56. The molecule has 0 unspecified atom stereocenters. The van der Waals surface area contributed by atoms with Gasteiger partial charge in [0.05, 0.1) is 0 Å². The largest absolute Gasteiger partial charge is 0.436 e. The van der Waals surface area contributed by atoms with Gasteiger partial charge < -0.3 is 4.42 Å². The molecule has 164 valence electrons. The van der Waals surface area contributed by atoms with Gasteiger partial charge in [-0.25, -0.2) is 4.98 Å². The zero-order valence-corrected chi connectivity index (χ0v) is 20.2. The van der Waals surface area contributed by atoms with Crippen molar-refractivity contribution in [3.8, 4) is 11.5 Å². The lowest BCUT2D eigenvalue weighted by Gasteiger charge is -2.24. The van der Waals surface area contributed by atoms with E-state index in [2.05, 4.69) is 108 Å². The van der Waals surface area contributed by atoms with E-state index in [9.17, 15) is 0 Å². The van der Waals surface area contributed by atoms with Crippen LogP contribution in [0.25, 0.3) is 54.9 Å². The number of rotatable bonds is 1. The molecule has 0 atom stereocenters. The van der Waals surface area contributed by atoms with Crippen molar-refractivity contribution in [3.05, 3.63) is 77.9 Å². The van der Waals surface area contributed by atoms with Crippen molar-refractivity contribution in [1.82, 2.24) is 4.98 Å². The van der Waals surface area contributed by atoms with Crippen LogP contribution in [0.2, 0.25) is 0 Å². The summed E-state index contributed by atoms with van der Waals surface area (Å²) in [6, 6.07) is 24.2. The highest BCUT2D eigenvalue weighted by Crippen LogP contribution is 2.41. The van der Waals surface area contributed by atoms with Crippen LogP contribution in [0.1, 0.15) is 52.7 Å². The lowest BCUT2D eigenvalue weighted by Crippen LogP contribution is -2.16. The fraction of sp³-hybridized carbons (Fsp3) is 0.258. The van der Waals surface area contributed by atoms with Crippen LogP contribution in [-0.4, -0.2) is 4.98 Å². The standard InChI is InChI=1S/C31H29NO/c1-30(2,3)21-16-24(31(4,5)6)28-25(17-21)32-29(33-28)23-15-13-20-11-10-18-8-7-9-19-12-14-22(23)27(20)26(18)19/h7-17H,1-6H3. The molecule has 1 aromatic heterocycles. The van der Waals surface area contributed by atoms with Crippen molar-refractivity contribution in [2.45, 2.75) is 52.4 Å². The van der Waals surface area contributed by atoms with E-state index in [1.54, 1.807) is 0 Å². The van der Waals surface area contributed by atoms with Gasteiger partial charge in [-0.2, -0.15) is 0 Å². The Morgan fingerprint density at radius 3 is 1.97 bits per heavy atom. The van der Waals surface area contributed by atoms with Crippen molar-refractivity contribution >= 4 is 43.4 Å². The molecule has 0 aliphatic rings. The molecule has 0 saturated carbocycles. The van der Waals surface area contributed by atoms with Gasteiger partial charge in [-0.15, -0.1) is 0 Å². The second-order valence-electron chi connectivity index (χ2n) is 11.4. The zero-order chi connectivity index (χ0) is 23.1. The summed E-state index contributed by atoms with van der Waals surface area (Å²) in [6.45, 7) is 13.5. The number of hydrogen-bond donors (Lipinski definition) is 0. The van der Waals surface area contributed by atoms with Crippen LogP contribution in [0.5, 0.6) is 0 Å². The monoisotopic (exact) mass is 431 g/mol. The van der Waals surface area contributed by atoms with Gasteiger partial charge in [0.15, 0.2) is 5.58 Å². The maximum atomic E-state index is 6.56. The SMILES string of the molecule is CC(C)(C)c1cc(C(C)(C)C)c2oc(-c3ccc4ccc5cccc6ccc3c4c56)nc2c1. The third kappa shape index (κ3) is 3.04. The third-order valence-corrected chi connectivity index (χ3v) is 6.92. The first-order chi connectivity index (χ1) is 15.6. The smallest absolute Gasteiger partial charge is 0.227 e. The molecule has 6 rings (SSSR count). The highest BCUT2D eigenvalue weighted by Gasteiger charge is 2.26. The van der Waals surface area contributed by atoms with E-state index in [1.165, 1.54) is 43.4 Å². The molecule has 0 N–H and O–H groups in total. The molecule has 6 aromatic rings. The Morgan fingerprint density at radius 1 is 0.667 bits per heavy atom. The highest BCUT2D eigenvalue weighted by molar-refractivity contribution is 6.25. The summed E-state index contributed by atoms with van der Waals surface area (Å²) in [5.41, 5.74) is 5.38. The average Bonchev–Trinajstić information content (AvgIpc) is 3.19. The van der Waals surface area contributed by atoms with Crippen LogP contribution in [0, 0.1) is 0 Å². The van der Waals surface area contributed by atoms with Gasteiger partial charge in [0.2, 0.25) is 5.89 Å². The van der Waals surface area contributed by atoms with Crippen molar-refractivity contribution < 1.29 is 4.42 Å². The van der Waals surface area contributed by atoms with Gasteiger partial charge >= 0.3 is 0 Å². The van der Waals surface area contributed by atoms with Gasteiger partial charge in [-0.3, -0.25) is 0 Å². The molecular formula is C31H29NO. The van der Waals surface area contributed by atoms with Crippen LogP contribution in [0.15, 0.2) is 71.1 Å². The summed E-state index contributed by atoms with van der Waals surface area (Å²) < 4.78 is 6.56. The predicted molar refractivity (Wildman–Crippen MR) is 141 cm³/mol. The molecule has 0 bridgehead atoms. The molecule has 0 aliphatic carbocycles. The molecule has 0 saturated heterocycles. The normalized spacial score (nSPS) is 13.2. The minimum Gasteiger partial charge on any atom is -0.436 e. The van der Waals surface area contributed by atoms with Crippen LogP contribution in [0.3, 0.4) is 0 Å². The quantitative estimate of drug-likeness (QED) is 0.243. The van der Waals surface area contributed by atoms with Gasteiger partial charge in [-0.05, 0) is 60.8 Å². The van der Waals surface area contributed by atoms with E-state index in [4.69, 9.17) is 9.40 Å². The van der Waals surface area contributed by atoms with E-state index in [-0.39, 0.29) is 10.8 Å². The molecular weight excluding hydrogens is 402 g/mol. The molecule has 0 amide bonds. The zero-order valence-electron chi connectivity index (χ0n) is 20.2. The lowest BCUT2D eigenvalue weighted by molar-refractivity contribution is 0.552. The van der Waals surface area contributed by atoms with E-state index in [0.29, 0.717) is 5.89 Å². The fourth-order valence-electron chi connectivity index (χ4n) is 5.06. The van der Waals surface area contributed by atoms with E-state index in [0.717, 1.165) is 16.7 Å². The summed E-state index contributed by atoms with van der Waals surface area (Å²) in [5.74, 6) is 0.694. The minimum absolute atomic E-state index is 0.0420. The van der Waals surface area contributed by atoms with Crippen LogP contribution in [-0.2, 0) is 10.8 Å². The summed E-state index contributed by atoms with van der Waals surface area (Å²) in [6.07, 6.45) is 0. The number of aromatic nitrogens is 1. The van der Waals surface area contributed by atoms with Crippen molar-refractivity contribution in [1.29, 1.82) is 0 Å². The first-order valence-corrected chi connectivity index (χ1v) is 11.7. The Morgan fingerprint density at radius 2 is 1.30 bits per heavy atom. The topological polar surface area (TPSA) is 26.0 Å². The van der Waals surface area contributed by atoms with E-state index >= 15 is 0 Å². The Balaban J connectivity index is 1.67. The molecule has 0 fully saturated rings. The molecule has 2 nitrogen and oxygen atoms in total. The van der Waals surface area contributed by atoms with Crippen molar-refractivity contribution in [2.75, 3.05) is 0 Å². The van der Waals surface area contributed by atoms with Gasteiger partial charge in [0, 0.05) is 11.1 Å². The molecule has 1 heterocycles. The predicted octanol–water partition coefficient (Wildman–Crippen LogP) is 8.99. The number of nitrogens with zero attached hydrogens (tertiary/aromatic N) is 1. The molecule has 33 heavy (non-hydrogen) atoms. The highest BCUT2D eigenvalue weighted by atomic mass is 16.3. The number of oxazole rings is 1. The van der Waals surface area contributed by atoms with Gasteiger partial charge in [0.25, 0.3) is 0 Å². The first-order valence-electron chi connectivity index (χ1n) is 11.7. The fourth-order valence-corrected chi connectivity index (χ4v) is 5.06. The van der Waals surface area contributed by atoms with Crippen molar-refractivity contribution in [2.24, 2.45) is 0 Å². The molecule has 2 heteroatoms. The lowest BCUT2D eigenvalue weighted by atomic mass is 9.80. The number of hydrogen-bond acceptors (Lipinski definition) is 2. The molecule has 0 aliphatic heterocycles. The maximum Gasteiger partial charge on any atom is 0.227 e. The second kappa shape index (κ2) is 6.57. The minimum atomic E-state index is -0.0427. The summed E-state index contributed by atoms with van der Waals surface area (Å²) in [5, 5.41) is 7.58. The van der Waals surface area contributed by atoms with Crippen molar-refractivity contribution in [3.63, 3.8) is 0 Å². The van der Waals surface area contributed by atoms with Crippen LogP contribution in [0.4, 0.5) is 0 Å². The Bertz CT molecular complexity index is 1660. The number of benzene rings is 5. The van der Waals surface area contributed by atoms with Crippen LogP contribution >= 0.6 is 0 Å². The molecule has 0 radical (unpaired) electrons. The number of fused-ring (bicyclic) bond motifs is 1. The second-order valence-corrected chi connectivity index (χ2v) is 11.4. The van der Waals surface area contributed by atoms with E-state index in [1.807, 2.05) is 0 Å². The Hall–Kier alpha value is -3.39. The Labute approximate surface area is 194 Å². The summed E-state index contributed by atoms with van der Waals surface area (Å²) >= 11 is 0. The van der Waals surface area contributed by atoms with Gasteiger partial charge in [-0.1, -0.05) is 96.1 Å². The average molecular weight is 432 g/mol. The molecule has 5 aromatic carbocycles. The third-order valence-electron chi connectivity index (χ3n) is 6.92. The van der Waals surface area contributed by atoms with E-state index < -0.39 is 0 Å². The Kier molecular flexibility index (Phi) is 4.03. The summed E-state index contributed by atoms with van der Waals surface area (Å²) in [4.78, 5) is 5.05. The van der Waals surface area contributed by atoms with Gasteiger partial charge in [0.1, 0.15) is 5.52 Å². The van der Waals surface area contributed by atoms with Crippen LogP contribution < -0.4 is 0 Å².